The number of carbonyl (C=O) groups is 1. The van der Waals surface area contributed by atoms with E-state index in [0.717, 1.165) is 18.9 Å². The maximum atomic E-state index is 13.4. The van der Waals surface area contributed by atoms with E-state index in [-0.39, 0.29) is 49.4 Å². The van der Waals surface area contributed by atoms with Crippen LogP contribution >= 0.6 is 0 Å². The second-order valence-corrected chi connectivity index (χ2v) is 8.68. The Morgan fingerprint density at radius 2 is 1.82 bits per heavy atom. The van der Waals surface area contributed by atoms with E-state index in [1.54, 1.807) is 4.90 Å². The van der Waals surface area contributed by atoms with Crippen LogP contribution in [0.4, 0.5) is 13.2 Å². The summed E-state index contributed by atoms with van der Waals surface area (Å²) >= 11 is 0. The van der Waals surface area contributed by atoms with Crippen LogP contribution < -0.4 is 5.73 Å². The third-order valence-corrected chi connectivity index (χ3v) is 6.73. The zero-order valence-corrected chi connectivity index (χ0v) is 16.4. The molecule has 1 aromatic rings. The van der Waals surface area contributed by atoms with Crippen LogP contribution in [0.2, 0.25) is 0 Å². The topological polar surface area (TPSA) is 66.6 Å². The molecule has 2 fully saturated rings. The number of piperidine rings is 1. The number of benzene rings is 1. The Kier molecular flexibility index (Phi) is 5.53. The molecule has 2 aliphatic rings. The normalized spacial score (nSPS) is 28.0. The molecule has 1 saturated carbocycles. The summed E-state index contributed by atoms with van der Waals surface area (Å²) in [6, 6.07) is 5.18. The molecule has 28 heavy (non-hydrogen) atoms. The van der Waals surface area contributed by atoms with Gasteiger partial charge in [-0.1, -0.05) is 32.0 Å². The fraction of sp³-hybridized carbons (Fsp3) is 0.667. The molecular formula is C21H29F3N2O2. The largest absolute Gasteiger partial charge is 0.416 e. The molecule has 1 unspecified atom stereocenters. The summed E-state index contributed by atoms with van der Waals surface area (Å²) < 4.78 is 40.1. The summed E-state index contributed by atoms with van der Waals surface area (Å²) in [4.78, 5) is 15.0. The number of nitrogens with two attached hydrogens (primary N) is 1. The van der Waals surface area contributed by atoms with E-state index in [0.29, 0.717) is 6.42 Å². The van der Waals surface area contributed by atoms with Crippen LogP contribution in [0.15, 0.2) is 24.3 Å². The zero-order valence-electron chi connectivity index (χ0n) is 16.4. The van der Waals surface area contributed by atoms with Crippen molar-refractivity contribution >= 4 is 5.91 Å². The first-order valence-corrected chi connectivity index (χ1v) is 9.94. The molecular weight excluding hydrogens is 369 g/mol. The first-order valence-electron chi connectivity index (χ1n) is 9.94. The lowest BCUT2D eigenvalue weighted by Gasteiger charge is -2.44. The average molecular weight is 398 g/mol. The monoisotopic (exact) mass is 398 g/mol. The summed E-state index contributed by atoms with van der Waals surface area (Å²) in [6.45, 7) is 4.53. The lowest BCUT2D eigenvalue weighted by Crippen LogP contribution is -2.52. The Bertz CT molecular complexity index is 727. The lowest BCUT2D eigenvalue weighted by atomic mass is 9.73. The number of hydrogen-bond acceptors (Lipinski definition) is 3. The van der Waals surface area contributed by atoms with Gasteiger partial charge in [0, 0.05) is 19.1 Å². The second kappa shape index (κ2) is 7.34. The van der Waals surface area contributed by atoms with Crippen molar-refractivity contribution in [2.75, 3.05) is 13.1 Å². The van der Waals surface area contributed by atoms with Gasteiger partial charge >= 0.3 is 6.18 Å². The van der Waals surface area contributed by atoms with Gasteiger partial charge in [0.25, 0.3) is 0 Å². The van der Waals surface area contributed by atoms with Crippen LogP contribution in [0, 0.1) is 11.3 Å². The molecule has 3 N–H and O–H groups in total. The molecule has 1 amide bonds. The van der Waals surface area contributed by atoms with E-state index in [4.69, 9.17) is 5.73 Å². The number of likely N-dealkylation sites (tertiary alicyclic amines) is 1. The average Bonchev–Trinajstić information content (AvgIpc) is 3.04. The van der Waals surface area contributed by atoms with Gasteiger partial charge in [-0.15, -0.1) is 0 Å². The van der Waals surface area contributed by atoms with E-state index in [1.807, 2.05) is 13.8 Å². The van der Waals surface area contributed by atoms with Crippen LogP contribution in [0.1, 0.15) is 57.1 Å². The highest BCUT2D eigenvalue weighted by molar-refractivity contribution is 5.83. The summed E-state index contributed by atoms with van der Waals surface area (Å²) in [5.41, 5.74) is 3.08. The van der Waals surface area contributed by atoms with Gasteiger partial charge in [-0.2, -0.15) is 13.2 Å². The number of alkyl halides is 3. The third-order valence-electron chi connectivity index (χ3n) is 6.73. The van der Waals surface area contributed by atoms with Gasteiger partial charge in [0.15, 0.2) is 0 Å². The number of hydrogen-bond donors (Lipinski definition) is 2. The van der Waals surface area contributed by atoms with E-state index < -0.39 is 22.8 Å². The Labute approximate surface area is 163 Å². The highest BCUT2D eigenvalue weighted by atomic mass is 19.4. The van der Waals surface area contributed by atoms with Crippen molar-refractivity contribution < 1.29 is 23.1 Å². The van der Waals surface area contributed by atoms with Crippen LogP contribution in [-0.2, 0) is 16.6 Å². The molecule has 0 aromatic heterocycles. The van der Waals surface area contributed by atoms with Crippen LogP contribution in [0.3, 0.4) is 0 Å². The smallest absolute Gasteiger partial charge is 0.385 e. The number of aliphatic hydroxyl groups is 1. The number of nitrogens with zero attached hydrogens (tertiary/aromatic N) is 1. The quantitative estimate of drug-likeness (QED) is 0.817. The van der Waals surface area contributed by atoms with E-state index in [2.05, 4.69) is 0 Å². The number of halogens is 3. The van der Waals surface area contributed by atoms with Gasteiger partial charge in [0.05, 0.1) is 16.6 Å². The Hall–Kier alpha value is -1.60. The molecule has 1 aliphatic carbocycles. The minimum Gasteiger partial charge on any atom is -0.385 e. The SMILES string of the molecule is CC(C)[C@]1(C(=O)N2CCC(O)(c3ccccc3C(F)(F)F)CC2)CCC(N)C1. The maximum absolute atomic E-state index is 13.4. The molecule has 0 bridgehead atoms. The van der Waals surface area contributed by atoms with Crippen molar-refractivity contribution in [3.05, 3.63) is 35.4 Å². The fourth-order valence-electron chi connectivity index (χ4n) is 4.88. The zero-order chi connectivity index (χ0) is 20.7. The van der Waals surface area contributed by atoms with Crippen molar-refractivity contribution in [1.82, 2.24) is 4.90 Å². The Morgan fingerprint density at radius 3 is 2.32 bits per heavy atom. The molecule has 1 aromatic carbocycles. The molecule has 2 atom stereocenters. The summed E-state index contributed by atoms with van der Waals surface area (Å²) in [5.74, 6) is 0.168. The highest BCUT2D eigenvalue weighted by Gasteiger charge is 2.50. The van der Waals surface area contributed by atoms with E-state index in [1.165, 1.54) is 18.2 Å². The van der Waals surface area contributed by atoms with Crippen molar-refractivity contribution in [3.8, 4) is 0 Å². The second-order valence-electron chi connectivity index (χ2n) is 8.68. The first kappa shape index (κ1) is 21.1. The summed E-state index contributed by atoms with van der Waals surface area (Å²) in [7, 11) is 0. The molecule has 3 rings (SSSR count). The minimum absolute atomic E-state index is 0.00624. The molecule has 1 saturated heterocycles. The molecule has 0 spiro atoms. The van der Waals surface area contributed by atoms with E-state index >= 15 is 0 Å². The highest BCUT2D eigenvalue weighted by Crippen LogP contribution is 2.47. The van der Waals surface area contributed by atoms with Crippen molar-refractivity contribution in [1.29, 1.82) is 0 Å². The van der Waals surface area contributed by atoms with Gasteiger partial charge in [0.1, 0.15) is 0 Å². The first-order chi connectivity index (χ1) is 13.0. The van der Waals surface area contributed by atoms with Crippen LogP contribution in [-0.4, -0.2) is 35.0 Å². The van der Waals surface area contributed by atoms with Gasteiger partial charge in [0.2, 0.25) is 5.91 Å². The number of amides is 1. The maximum Gasteiger partial charge on any atom is 0.416 e. The molecule has 4 nitrogen and oxygen atoms in total. The van der Waals surface area contributed by atoms with Gasteiger partial charge < -0.3 is 15.7 Å². The summed E-state index contributed by atoms with van der Waals surface area (Å²) in [5, 5.41) is 11.0. The number of carbonyl (C=O) groups excluding carboxylic acids is 1. The molecule has 1 aliphatic heterocycles. The molecule has 156 valence electrons. The van der Waals surface area contributed by atoms with Crippen LogP contribution in [0.5, 0.6) is 0 Å². The van der Waals surface area contributed by atoms with Crippen molar-refractivity contribution in [3.63, 3.8) is 0 Å². The minimum atomic E-state index is -4.53. The Balaban J connectivity index is 1.79. The van der Waals surface area contributed by atoms with Crippen molar-refractivity contribution in [2.45, 2.75) is 63.8 Å². The molecule has 0 radical (unpaired) electrons. The van der Waals surface area contributed by atoms with Crippen LogP contribution in [0.25, 0.3) is 0 Å². The van der Waals surface area contributed by atoms with Gasteiger partial charge in [-0.25, -0.2) is 0 Å². The predicted octanol–water partition coefficient (Wildman–Crippen LogP) is 3.67. The predicted molar refractivity (Wildman–Crippen MR) is 100 cm³/mol. The van der Waals surface area contributed by atoms with Gasteiger partial charge in [-0.3, -0.25) is 4.79 Å². The number of rotatable bonds is 3. The molecule has 1 heterocycles. The standard InChI is InChI=1S/C21H29F3N2O2/c1-14(2)19(8-7-15(25)13-19)18(27)26-11-9-20(28,10-12-26)16-5-3-4-6-17(16)21(22,23)24/h3-6,14-15,28H,7-13,25H2,1-2H3/t15?,19-/m0/s1. The fourth-order valence-corrected chi connectivity index (χ4v) is 4.88. The lowest BCUT2D eigenvalue weighted by molar-refractivity contribution is -0.151. The Morgan fingerprint density at radius 1 is 1.21 bits per heavy atom. The third kappa shape index (κ3) is 3.66. The summed E-state index contributed by atoms with van der Waals surface area (Å²) in [6.07, 6.45) is -2.16. The van der Waals surface area contributed by atoms with Gasteiger partial charge in [-0.05, 0) is 49.7 Å². The molecule has 7 heteroatoms. The van der Waals surface area contributed by atoms with Crippen molar-refractivity contribution in [2.24, 2.45) is 17.1 Å². The van der Waals surface area contributed by atoms with E-state index in [9.17, 15) is 23.1 Å².